The van der Waals surface area contributed by atoms with E-state index in [-0.39, 0.29) is 4.90 Å². The van der Waals surface area contributed by atoms with Gasteiger partial charge in [0.15, 0.2) is 0 Å². The van der Waals surface area contributed by atoms with Crippen molar-refractivity contribution in [1.29, 1.82) is 0 Å². The Morgan fingerprint density at radius 2 is 1.90 bits per heavy atom. The lowest BCUT2D eigenvalue weighted by atomic mass is 9.98. The molecule has 0 saturated heterocycles. The standard InChI is InChI=1S/C15H16N2O3S/c1-17-13(10-11-6-4-5-9-16-11)15(18)12-7-2-3-8-14(12)21(17,19)20/h2-9,13,15,18H,10H2,1H3/t13-,15+/m1/s1. The molecule has 2 atom stereocenters. The molecule has 1 aromatic carbocycles. The highest BCUT2D eigenvalue weighted by Gasteiger charge is 2.41. The fraction of sp³-hybridized carbons (Fsp3) is 0.267. The van der Waals surface area contributed by atoms with Gasteiger partial charge in [0.1, 0.15) is 0 Å². The van der Waals surface area contributed by atoms with Crippen LogP contribution in [0.15, 0.2) is 53.6 Å². The average molecular weight is 304 g/mol. The molecule has 0 unspecified atom stereocenters. The van der Waals surface area contributed by atoms with Crippen LogP contribution in [0.5, 0.6) is 0 Å². The largest absolute Gasteiger partial charge is 0.387 e. The predicted molar refractivity (Wildman–Crippen MR) is 78.1 cm³/mol. The highest BCUT2D eigenvalue weighted by molar-refractivity contribution is 7.89. The summed E-state index contributed by atoms with van der Waals surface area (Å²) >= 11 is 0. The number of sulfonamides is 1. The molecule has 0 radical (unpaired) electrons. The maximum absolute atomic E-state index is 12.5. The van der Waals surface area contributed by atoms with Crippen molar-refractivity contribution in [3.05, 3.63) is 59.9 Å². The quantitative estimate of drug-likeness (QED) is 0.909. The first-order valence-corrected chi connectivity index (χ1v) is 8.11. The number of hydrogen-bond acceptors (Lipinski definition) is 4. The molecule has 1 aliphatic rings. The molecule has 0 aliphatic carbocycles. The molecule has 21 heavy (non-hydrogen) atoms. The smallest absolute Gasteiger partial charge is 0.243 e. The Labute approximate surface area is 123 Å². The van der Waals surface area contributed by atoms with Gasteiger partial charge in [-0.3, -0.25) is 4.98 Å². The lowest BCUT2D eigenvalue weighted by Crippen LogP contribution is -2.46. The number of rotatable bonds is 2. The van der Waals surface area contributed by atoms with Gasteiger partial charge in [-0.25, -0.2) is 8.42 Å². The van der Waals surface area contributed by atoms with E-state index >= 15 is 0 Å². The van der Waals surface area contributed by atoms with E-state index in [1.165, 1.54) is 17.4 Å². The van der Waals surface area contributed by atoms with Crippen molar-refractivity contribution in [2.45, 2.75) is 23.5 Å². The Bertz CT molecular complexity index is 747. The minimum atomic E-state index is -3.58. The van der Waals surface area contributed by atoms with Gasteiger partial charge >= 0.3 is 0 Å². The summed E-state index contributed by atoms with van der Waals surface area (Å²) in [6, 6.07) is 11.5. The molecule has 110 valence electrons. The first-order valence-electron chi connectivity index (χ1n) is 6.67. The van der Waals surface area contributed by atoms with Crippen LogP contribution >= 0.6 is 0 Å². The van der Waals surface area contributed by atoms with Gasteiger partial charge < -0.3 is 5.11 Å². The van der Waals surface area contributed by atoms with Crippen LogP contribution in [-0.4, -0.2) is 35.9 Å². The van der Waals surface area contributed by atoms with Crippen LogP contribution in [0.3, 0.4) is 0 Å². The minimum Gasteiger partial charge on any atom is -0.387 e. The summed E-state index contributed by atoms with van der Waals surface area (Å²) in [5, 5.41) is 10.6. The zero-order chi connectivity index (χ0) is 15.0. The molecule has 0 bridgehead atoms. The minimum absolute atomic E-state index is 0.178. The maximum Gasteiger partial charge on any atom is 0.243 e. The maximum atomic E-state index is 12.5. The molecule has 3 rings (SSSR count). The van der Waals surface area contributed by atoms with Crippen LogP contribution in [0, 0.1) is 0 Å². The SMILES string of the molecule is CN1[C@H](Cc2ccccn2)[C@@H](O)c2ccccc2S1(=O)=O. The second-order valence-electron chi connectivity index (χ2n) is 5.10. The molecule has 6 heteroatoms. The Hall–Kier alpha value is -1.76. The lowest BCUT2D eigenvalue weighted by Gasteiger charge is -2.36. The van der Waals surface area contributed by atoms with Gasteiger partial charge in [-0.2, -0.15) is 4.31 Å². The summed E-state index contributed by atoms with van der Waals surface area (Å²) in [5.74, 6) is 0. The van der Waals surface area contributed by atoms with Gasteiger partial charge in [0.2, 0.25) is 10.0 Å². The van der Waals surface area contributed by atoms with Crippen LogP contribution in [-0.2, 0) is 16.4 Å². The normalized spacial score (nSPS) is 24.5. The lowest BCUT2D eigenvalue weighted by molar-refractivity contribution is 0.0887. The molecule has 5 nitrogen and oxygen atoms in total. The van der Waals surface area contributed by atoms with Crippen LogP contribution < -0.4 is 0 Å². The highest BCUT2D eigenvalue weighted by atomic mass is 32.2. The Morgan fingerprint density at radius 1 is 1.19 bits per heavy atom. The molecule has 1 aliphatic heterocycles. The van der Waals surface area contributed by atoms with E-state index in [0.29, 0.717) is 12.0 Å². The van der Waals surface area contributed by atoms with Crippen LogP contribution in [0.25, 0.3) is 0 Å². The van der Waals surface area contributed by atoms with E-state index < -0.39 is 22.2 Å². The van der Waals surface area contributed by atoms with Crippen molar-refractivity contribution >= 4 is 10.0 Å². The average Bonchev–Trinajstić information content (AvgIpc) is 2.51. The summed E-state index contributed by atoms with van der Waals surface area (Å²) in [5.41, 5.74) is 1.21. The third-order valence-electron chi connectivity index (χ3n) is 3.87. The number of pyridine rings is 1. The van der Waals surface area contributed by atoms with E-state index in [2.05, 4.69) is 4.98 Å². The molecule has 0 amide bonds. The van der Waals surface area contributed by atoms with Gasteiger partial charge in [0, 0.05) is 30.9 Å². The number of aliphatic hydroxyl groups excluding tert-OH is 1. The number of likely N-dealkylation sites (N-methyl/N-ethyl adjacent to an activating group) is 1. The summed E-state index contributed by atoms with van der Waals surface area (Å²) in [6.07, 6.45) is 1.16. The van der Waals surface area contributed by atoms with Crippen molar-refractivity contribution in [2.75, 3.05) is 7.05 Å². The fourth-order valence-electron chi connectivity index (χ4n) is 2.67. The van der Waals surface area contributed by atoms with Crippen molar-refractivity contribution in [3.63, 3.8) is 0 Å². The summed E-state index contributed by atoms with van der Waals surface area (Å²) in [6.45, 7) is 0. The van der Waals surface area contributed by atoms with E-state index in [1.807, 2.05) is 12.1 Å². The van der Waals surface area contributed by atoms with Crippen LogP contribution in [0.4, 0.5) is 0 Å². The summed E-state index contributed by atoms with van der Waals surface area (Å²) < 4.78 is 26.3. The first-order chi connectivity index (χ1) is 10.0. The predicted octanol–water partition coefficient (Wildman–Crippen LogP) is 1.36. The van der Waals surface area contributed by atoms with Gasteiger partial charge in [0.05, 0.1) is 17.0 Å². The van der Waals surface area contributed by atoms with E-state index in [1.54, 1.807) is 30.5 Å². The second kappa shape index (κ2) is 5.22. The molecular weight excluding hydrogens is 288 g/mol. The van der Waals surface area contributed by atoms with Gasteiger partial charge in [-0.1, -0.05) is 24.3 Å². The number of hydrogen-bond donors (Lipinski definition) is 1. The van der Waals surface area contributed by atoms with Crippen molar-refractivity contribution < 1.29 is 13.5 Å². The van der Waals surface area contributed by atoms with Gasteiger partial charge in [-0.15, -0.1) is 0 Å². The number of aliphatic hydroxyl groups is 1. The van der Waals surface area contributed by atoms with Crippen LogP contribution in [0.2, 0.25) is 0 Å². The van der Waals surface area contributed by atoms with Crippen LogP contribution in [0.1, 0.15) is 17.4 Å². The topological polar surface area (TPSA) is 70.5 Å². The Morgan fingerprint density at radius 3 is 2.62 bits per heavy atom. The zero-order valence-corrected chi connectivity index (χ0v) is 12.4. The molecule has 0 saturated carbocycles. The Balaban J connectivity index is 2.04. The monoisotopic (exact) mass is 304 g/mol. The van der Waals surface area contributed by atoms with Gasteiger partial charge in [-0.05, 0) is 18.2 Å². The molecule has 0 spiro atoms. The van der Waals surface area contributed by atoms with Crippen molar-refractivity contribution in [3.8, 4) is 0 Å². The number of nitrogens with zero attached hydrogens (tertiary/aromatic N) is 2. The molecule has 2 aromatic rings. The molecule has 0 fully saturated rings. The fourth-order valence-corrected chi connectivity index (χ4v) is 4.27. The molecule has 1 N–H and O–H groups in total. The second-order valence-corrected chi connectivity index (χ2v) is 7.06. The van der Waals surface area contributed by atoms with E-state index in [4.69, 9.17) is 0 Å². The van der Waals surface area contributed by atoms with Gasteiger partial charge in [0.25, 0.3) is 0 Å². The Kier molecular flexibility index (Phi) is 3.52. The molecular formula is C15H16N2O3S. The number of benzene rings is 1. The molecule has 1 aromatic heterocycles. The van der Waals surface area contributed by atoms with E-state index in [9.17, 15) is 13.5 Å². The number of aromatic nitrogens is 1. The summed E-state index contributed by atoms with van der Waals surface area (Å²) in [7, 11) is -2.08. The first kappa shape index (κ1) is 14.2. The third kappa shape index (κ3) is 2.35. The van der Waals surface area contributed by atoms with Crippen molar-refractivity contribution in [1.82, 2.24) is 9.29 Å². The highest BCUT2D eigenvalue weighted by Crippen LogP contribution is 2.36. The van der Waals surface area contributed by atoms with E-state index in [0.717, 1.165) is 5.69 Å². The van der Waals surface area contributed by atoms with Crippen molar-refractivity contribution in [2.24, 2.45) is 0 Å². The zero-order valence-electron chi connectivity index (χ0n) is 11.5. The third-order valence-corrected chi connectivity index (χ3v) is 5.83. The molecule has 2 heterocycles. The number of fused-ring (bicyclic) bond motifs is 1. The summed E-state index contributed by atoms with van der Waals surface area (Å²) in [4.78, 5) is 4.39.